The fourth-order valence-corrected chi connectivity index (χ4v) is 1.85. The zero-order valence-corrected chi connectivity index (χ0v) is 9.53. The van der Waals surface area contributed by atoms with Gasteiger partial charge in [0.05, 0.1) is 6.10 Å². The molecule has 1 saturated carbocycles. The minimum Gasteiger partial charge on any atom is -0.490 e. The number of aryl methyl sites for hydroxylation is 1. The molecule has 0 bridgehead atoms. The van der Waals surface area contributed by atoms with Crippen LogP contribution in [0.3, 0.4) is 0 Å². The largest absolute Gasteiger partial charge is 0.490 e. The van der Waals surface area contributed by atoms with Crippen LogP contribution in [0.5, 0.6) is 5.75 Å². The second-order valence-electron chi connectivity index (χ2n) is 4.99. The highest BCUT2D eigenvalue weighted by atomic mass is 16.5. The van der Waals surface area contributed by atoms with Crippen LogP contribution in [0, 0.1) is 12.3 Å². The third kappa shape index (κ3) is 1.86. The van der Waals surface area contributed by atoms with Gasteiger partial charge in [-0.2, -0.15) is 0 Å². The lowest BCUT2D eigenvalue weighted by Gasteiger charge is -2.48. The van der Waals surface area contributed by atoms with Gasteiger partial charge < -0.3 is 9.84 Å². The molecule has 0 spiro atoms. The van der Waals surface area contributed by atoms with Crippen molar-refractivity contribution in [1.29, 1.82) is 0 Å². The Kier molecular flexibility index (Phi) is 2.47. The first kappa shape index (κ1) is 10.5. The molecular weight excluding hydrogens is 188 g/mol. The molecule has 1 aliphatic carbocycles. The van der Waals surface area contributed by atoms with Gasteiger partial charge in [0.25, 0.3) is 0 Å². The van der Waals surface area contributed by atoms with E-state index < -0.39 is 0 Å². The second-order valence-corrected chi connectivity index (χ2v) is 4.99. The molecule has 0 heterocycles. The van der Waals surface area contributed by atoms with E-state index in [1.165, 1.54) is 5.56 Å². The van der Waals surface area contributed by atoms with E-state index >= 15 is 0 Å². The predicted octanol–water partition coefficient (Wildman–Crippen LogP) is 2.53. The molecular formula is C13H18O2. The molecule has 1 fully saturated rings. The first-order valence-electron chi connectivity index (χ1n) is 5.41. The van der Waals surface area contributed by atoms with Crippen LogP contribution in [0.4, 0.5) is 0 Å². The van der Waals surface area contributed by atoms with Gasteiger partial charge in [0, 0.05) is 11.8 Å². The smallest absolute Gasteiger partial charge is 0.119 e. The molecule has 1 aliphatic rings. The van der Waals surface area contributed by atoms with E-state index in [0.717, 1.165) is 12.2 Å². The van der Waals surface area contributed by atoms with Gasteiger partial charge in [0.15, 0.2) is 0 Å². The summed E-state index contributed by atoms with van der Waals surface area (Å²) in [5.41, 5.74) is 1.11. The minimum atomic E-state index is -0.229. The van der Waals surface area contributed by atoms with Crippen LogP contribution in [-0.4, -0.2) is 17.3 Å². The summed E-state index contributed by atoms with van der Waals surface area (Å²) in [6, 6.07) is 8.04. The average molecular weight is 206 g/mol. The Morgan fingerprint density at radius 1 is 1.27 bits per heavy atom. The lowest BCUT2D eigenvalue weighted by atomic mass is 9.66. The van der Waals surface area contributed by atoms with Crippen molar-refractivity contribution in [3.63, 3.8) is 0 Å². The lowest BCUT2D eigenvalue weighted by molar-refractivity contribution is -0.134. The van der Waals surface area contributed by atoms with Gasteiger partial charge >= 0.3 is 0 Å². The summed E-state index contributed by atoms with van der Waals surface area (Å²) in [6.07, 6.45) is 0.643. The molecule has 2 nitrogen and oxygen atoms in total. The number of hydrogen-bond donors (Lipinski definition) is 1. The normalized spacial score (nSPS) is 28.3. The molecule has 0 aromatic heterocycles. The SMILES string of the molecule is Cc1ccc(OC2CC(O)C2(C)C)cc1. The molecule has 0 amide bonds. The average Bonchev–Trinajstić information content (AvgIpc) is 2.21. The Hall–Kier alpha value is -1.02. The maximum atomic E-state index is 9.59. The van der Waals surface area contributed by atoms with Crippen LogP contribution < -0.4 is 4.74 Å². The molecule has 1 aromatic rings. The summed E-state index contributed by atoms with van der Waals surface area (Å²) >= 11 is 0. The molecule has 1 aromatic carbocycles. The molecule has 0 aliphatic heterocycles. The van der Waals surface area contributed by atoms with Crippen molar-refractivity contribution in [2.24, 2.45) is 5.41 Å². The molecule has 2 unspecified atom stereocenters. The molecule has 2 rings (SSSR count). The van der Waals surface area contributed by atoms with Crippen molar-refractivity contribution in [3.8, 4) is 5.75 Å². The third-order valence-electron chi connectivity index (χ3n) is 3.43. The van der Waals surface area contributed by atoms with Crippen molar-refractivity contribution in [2.75, 3.05) is 0 Å². The van der Waals surface area contributed by atoms with Crippen LogP contribution in [0.1, 0.15) is 25.8 Å². The highest BCUT2D eigenvalue weighted by Crippen LogP contribution is 2.42. The monoisotopic (exact) mass is 206 g/mol. The Balaban J connectivity index is 2.02. The van der Waals surface area contributed by atoms with Gasteiger partial charge in [-0.3, -0.25) is 0 Å². The van der Waals surface area contributed by atoms with E-state index in [4.69, 9.17) is 4.74 Å². The summed E-state index contributed by atoms with van der Waals surface area (Å²) in [5, 5.41) is 9.59. The Morgan fingerprint density at radius 2 is 1.87 bits per heavy atom. The standard InChI is InChI=1S/C13H18O2/c1-9-4-6-10(7-5-9)15-12-8-11(14)13(12,2)3/h4-7,11-12,14H,8H2,1-3H3. The summed E-state index contributed by atoms with van der Waals surface area (Å²) in [6.45, 7) is 6.14. The van der Waals surface area contributed by atoms with Crippen molar-refractivity contribution >= 4 is 0 Å². The highest BCUT2D eigenvalue weighted by molar-refractivity contribution is 5.27. The Bertz CT molecular complexity index is 340. The zero-order valence-electron chi connectivity index (χ0n) is 9.53. The second kappa shape index (κ2) is 3.53. The van der Waals surface area contributed by atoms with E-state index in [1.807, 2.05) is 38.1 Å². The first-order valence-corrected chi connectivity index (χ1v) is 5.41. The predicted molar refractivity (Wildman–Crippen MR) is 60.0 cm³/mol. The zero-order chi connectivity index (χ0) is 11.1. The van der Waals surface area contributed by atoms with E-state index in [1.54, 1.807) is 0 Å². The molecule has 1 N–H and O–H groups in total. The van der Waals surface area contributed by atoms with E-state index in [9.17, 15) is 5.11 Å². The van der Waals surface area contributed by atoms with Gasteiger partial charge in [-0.05, 0) is 19.1 Å². The van der Waals surface area contributed by atoms with Crippen molar-refractivity contribution in [3.05, 3.63) is 29.8 Å². The van der Waals surface area contributed by atoms with Crippen molar-refractivity contribution in [2.45, 2.75) is 39.4 Å². The van der Waals surface area contributed by atoms with E-state index in [-0.39, 0.29) is 17.6 Å². The molecule has 0 radical (unpaired) electrons. The summed E-state index contributed by atoms with van der Waals surface area (Å²) in [5.74, 6) is 0.894. The fourth-order valence-electron chi connectivity index (χ4n) is 1.85. The van der Waals surface area contributed by atoms with Gasteiger partial charge in [-0.15, -0.1) is 0 Å². The first-order chi connectivity index (χ1) is 7.00. The number of benzene rings is 1. The summed E-state index contributed by atoms with van der Waals surface area (Å²) in [7, 11) is 0. The lowest BCUT2D eigenvalue weighted by Crippen LogP contribution is -2.56. The number of aliphatic hydroxyl groups excluding tert-OH is 1. The molecule has 2 atom stereocenters. The van der Waals surface area contributed by atoms with Gasteiger partial charge in [-0.25, -0.2) is 0 Å². The van der Waals surface area contributed by atoms with E-state index in [2.05, 4.69) is 6.92 Å². The molecule has 2 heteroatoms. The highest BCUT2D eigenvalue weighted by Gasteiger charge is 2.49. The molecule has 15 heavy (non-hydrogen) atoms. The van der Waals surface area contributed by atoms with Crippen molar-refractivity contribution in [1.82, 2.24) is 0 Å². The number of aliphatic hydroxyl groups is 1. The van der Waals surface area contributed by atoms with Gasteiger partial charge in [-0.1, -0.05) is 31.5 Å². The van der Waals surface area contributed by atoms with Crippen LogP contribution in [0.25, 0.3) is 0 Å². The Morgan fingerprint density at radius 3 is 2.33 bits per heavy atom. The number of ether oxygens (including phenoxy) is 1. The molecule has 82 valence electrons. The number of hydrogen-bond acceptors (Lipinski definition) is 2. The number of rotatable bonds is 2. The van der Waals surface area contributed by atoms with Crippen LogP contribution in [0.2, 0.25) is 0 Å². The van der Waals surface area contributed by atoms with E-state index in [0.29, 0.717) is 0 Å². The Labute approximate surface area is 90.9 Å². The minimum absolute atomic E-state index is 0.120. The third-order valence-corrected chi connectivity index (χ3v) is 3.43. The quantitative estimate of drug-likeness (QED) is 0.805. The van der Waals surface area contributed by atoms with Gasteiger partial charge in [0.1, 0.15) is 11.9 Å². The summed E-state index contributed by atoms with van der Waals surface area (Å²) < 4.78 is 5.83. The van der Waals surface area contributed by atoms with Crippen molar-refractivity contribution < 1.29 is 9.84 Å². The van der Waals surface area contributed by atoms with Gasteiger partial charge in [0.2, 0.25) is 0 Å². The summed E-state index contributed by atoms with van der Waals surface area (Å²) in [4.78, 5) is 0. The maximum Gasteiger partial charge on any atom is 0.119 e. The van der Waals surface area contributed by atoms with Crippen LogP contribution >= 0.6 is 0 Å². The topological polar surface area (TPSA) is 29.5 Å². The van der Waals surface area contributed by atoms with Crippen LogP contribution in [-0.2, 0) is 0 Å². The maximum absolute atomic E-state index is 9.59. The molecule has 0 saturated heterocycles. The fraction of sp³-hybridized carbons (Fsp3) is 0.538. The van der Waals surface area contributed by atoms with Crippen LogP contribution in [0.15, 0.2) is 24.3 Å².